The van der Waals surface area contributed by atoms with E-state index in [0.29, 0.717) is 5.06 Å². The Morgan fingerprint density at radius 3 is 2.57 bits per heavy atom. The molecule has 0 spiro atoms. The highest BCUT2D eigenvalue weighted by molar-refractivity contribution is 6.02. The van der Waals surface area contributed by atoms with Crippen LogP contribution in [0.2, 0.25) is 0 Å². The number of carbonyl (C=O) groups excluding carboxylic acids is 3. The number of hydrogen-bond donors (Lipinski definition) is 0. The molecule has 2 aliphatic rings. The molecule has 120 valence electrons. The SMILES string of the molecule is CC1=Nc2ccc(CC(=O)ON3C(=O)CCC3=O)cc2C1(C)C. The molecule has 3 rings (SSSR count). The Morgan fingerprint density at radius 1 is 1.26 bits per heavy atom. The average molecular weight is 314 g/mol. The lowest BCUT2D eigenvalue weighted by Crippen LogP contribution is -2.32. The van der Waals surface area contributed by atoms with Crippen LogP contribution in [0.3, 0.4) is 0 Å². The number of carbonyl (C=O) groups is 3. The van der Waals surface area contributed by atoms with Gasteiger partial charge in [-0.25, -0.2) is 4.79 Å². The number of rotatable bonds is 3. The standard InChI is InChI=1S/C17H18N2O4/c1-10-17(2,3)12-8-11(4-5-13(12)18-10)9-16(22)23-19-14(20)6-7-15(19)21/h4-5,8H,6-7,9H2,1-3H3. The molecule has 2 amide bonds. The van der Waals surface area contributed by atoms with Gasteiger partial charge in [0.25, 0.3) is 11.8 Å². The third-order valence-corrected chi connectivity index (χ3v) is 4.47. The average Bonchev–Trinajstić information content (AvgIpc) is 2.91. The van der Waals surface area contributed by atoms with E-state index in [-0.39, 0.29) is 24.7 Å². The first kappa shape index (κ1) is 15.4. The zero-order chi connectivity index (χ0) is 16.8. The topological polar surface area (TPSA) is 76.0 Å². The number of imide groups is 1. The molecule has 0 radical (unpaired) electrons. The second-order valence-electron chi connectivity index (χ2n) is 6.40. The quantitative estimate of drug-likeness (QED) is 0.802. The maximum absolute atomic E-state index is 12.0. The van der Waals surface area contributed by atoms with Crippen LogP contribution >= 0.6 is 0 Å². The number of amides is 2. The number of hydroxylamine groups is 2. The van der Waals surface area contributed by atoms with Crippen molar-refractivity contribution < 1.29 is 19.2 Å². The Labute approximate surface area is 134 Å². The molecule has 0 unspecified atom stereocenters. The van der Waals surface area contributed by atoms with Crippen molar-refractivity contribution in [2.24, 2.45) is 4.99 Å². The summed E-state index contributed by atoms with van der Waals surface area (Å²) in [4.78, 5) is 44.3. The van der Waals surface area contributed by atoms with Crippen LogP contribution in [-0.2, 0) is 31.1 Å². The van der Waals surface area contributed by atoms with Crippen LogP contribution in [0.4, 0.5) is 5.69 Å². The van der Waals surface area contributed by atoms with Crippen LogP contribution in [0.5, 0.6) is 0 Å². The summed E-state index contributed by atoms with van der Waals surface area (Å²) in [5, 5.41) is 0.576. The molecular formula is C17H18N2O4. The van der Waals surface area contributed by atoms with Crippen molar-refractivity contribution in [3.8, 4) is 0 Å². The van der Waals surface area contributed by atoms with E-state index in [4.69, 9.17) is 4.84 Å². The van der Waals surface area contributed by atoms with Gasteiger partial charge < -0.3 is 4.84 Å². The highest BCUT2D eigenvalue weighted by Gasteiger charge is 2.34. The third-order valence-electron chi connectivity index (χ3n) is 4.47. The van der Waals surface area contributed by atoms with Crippen molar-refractivity contribution in [1.29, 1.82) is 0 Å². The van der Waals surface area contributed by atoms with Crippen LogP contribution in [0.25, 0.3) is 0 Å². The Kier molecular flexibility index (Phi) is 3.55. The third kappa shape index (κ3) is 2.65. The van der Waals surface area contributed by atoms with Gasteiger partial charge in [0.15, 0.2) is 0 Å². The first-order chi connectivity index (χ1) is 10.8. The summed E-state index contributed by atoms with van der Waals surface area (Å²) >= 11 is 0. The maximum atomic E-state index is 12.0. The summed E-state index contributed by atoms with van der Waals surface area (Å²) in [7, 11) is 0. The Bertz CT molecular complexity index is 733. The summed E-state index contributed by atoms with van der Waals surface area (Å²) < 4.78 is 0. The molecule has 1 fully saturated rings. The molecule has 1 aromatic carbocycles. The number of aliphatic imine (C=N–C) groups is 1. The molecular weight excluding hydrogens is 296 g/mol. The van der Waals surface area contributed by atoms with Crippen molar-refractivity contribution in [2.45, 2.75) is 45.4 Å². The van der Waals surface area contributed by atoms with Gasteiger partial charge in [0.2, 0.25) is 0 Å². The van der Waals surface area contributed by atoms with Gasteiger partial charge in [0.05, 0.1) is 12.1 Å². The minimum atomic E-state index is -0.623. The van der Waals surface area contributed by atoms with Gasteiger partial charge in [0, 0.05) is 24.0 Å². The van der Waals surface area contributed by atoms with E-state index in [1.54, 1.807) is 0 Å². The minimum absolute atomic E-state index is 0.000528. The molecule has 0 atom stereocenters. The van der Waals surface area contributed by atoms with Gasteiger partial charge in [-0.2, -0.15) is 0 Å². The van der Waals surface area contributed by atoms with E-state index < -0.39 is 17.8 Å². The number of nitrogens with zero attached hydrogens (tertiary/aromatic N) is 2. The van der Waals surface area contributed by atoms with Gasteiger partial charge in [-0.15, -0.1) is 5.06 Å². The predicted molar refractivity (Wildman–Crippen MR) is 83.1 cm³/mol. The Hall–Kier alpha value is -2.50. The lowest BCUT2D eigenvalue weighted by Gasteiger charge is -2.20. The summed E-state index contributed by atoms with van der Waals surface area (Å²) in [6, 6.07) is 5.62. The second-order valence-corrected chi connectivity index (χ2v) is 6.40. The number of hydrogen-bond acceptors (Lipinski definition) is 5. The van der Waals surface area contributed by atoms with Gasteiger partial charge in [-0.05, 0) is 24.1 Å². The maximum Gasteiger partial charge on any atom is 0.337 e. The van der Waals surface area contributed by atoms with Crippen molar-refractivity contribution in [3.63, 3.8) is 0 Å². The zero-order valence-corrected chi connectivity index (χ0v) is 13.4. The monoisotopic (exact) mass is 314 g/mol. The molecule has 2 aliphatic heterocycles. The second kappa shape index (κ2) is 5.30. The summed E-state index contributed by atoms with van der Waals surface area (Å²) in [5.74, 6) is -1.56. The Morgan fingerprint density at radius 2 is 1.91 bits per heavy atom. The summed E-state index contributed by atoms with van der Waals surface area (Å²) in [6.45, 7) is 6.15. The van der Waals surface area contributed by atoms with Gasteiger partial charge in [-0.3, -0.25) is 14.6 Å². The minimum Gasteiger partial charge on any atom is -0.330 e. The molecule has 0 aromatic heterocycles. The van der Waals surface area contributed by atoms with Crippen molar-refractivity contribution in [1.82, 2.24) is 5.06 Å². The summed E-state index contributed by atoms with van der Waals surface area (Å²) in [6.07, 6.45) is 0.186. The predicted octanol–water partition coefficient (Wildman–Crippen LogP) is 2.22. The molecule has 6 nitrogen and oxygen atoms in total. The van der Waals surface area contributed by atoms with Crippen molar-refractivity contribution in [3.05, 3.63) is 29.3 Å². The summed E-state index contributed by atoms with van der Waals surface area (Å²) in [5.41, 5.74) is 3.60. The van der Waals surface area contributed by atoms with Crippen LogP contribution in [0, 0.1) is 0 Å². The lowest BCUT2D eigenvalue weighted by molar-refractivity contribution is -0.197. The number of benzene rings is 1. The number of fused-ring (bicyclic) bond motifs is 1. The molecule has 0 saturated carbocycles. The molecule has 1 saturated heterocycles. The molecule has 1 aromatic rings. The van der Waals surface area contributed by atoms with Crippen LogP contribution in [-0.4, -0.2) is 28.6 Å². The smallest absolute Gasteiger partial charge is 0.330 e. The molecule has 0 bridgehead atoms. The molecule has 2 heterocycles. The first-order valence-electron chi connectivity index (χ1n) is 7.55. The molecule has 6 heteroatoms. The lowest BCUT2D eigenvalue weighted by atomic mass is 9.81. The van der Waals surface area contributed by atoms with E-state index in [0.717, 1.165) is 22.5 Å². The molecule has 0 aliphatic carbocycles. The fourth-order valence-electron chi connectivity index (χ4n) is 2.77. The van der Waals surface area contributed by atoms with E-state index in [1.165, 1.54) is 0 Å². The Balaban J connectivity index is 1.73. The zero-order valence-electron chi connectivity index (χ0n) is 13.4. The highest BCUT2D eigenvalue weighted by atomic mass is 16.7. The van der Waals surface area contributed by atoms with E-state index >= 15 is 0 Å². The van der Waals surface area contributed by atoms with Gasteiger partial charge >= 0.3 is 5.97 Å². The molecule has 0 N–H and O–H groups in total. The highest BCUT2D eigenvalue weighted by Crippen LogP contribution is 2.40. The van der Waals surface area contributed by atoms with Gasteiger partial charge in [-0.1, -0.05) is 26.0 Å². The van der Waals surface area contributed by atoms with Crippen molar-refractivity contribution in [2.75, 3.05) is 0 Å². The van der Waals surface area contributed by atoms with Crippen LogP contribution in [0.1, 0.15) is 44.7 Å². The van der Waals surface area contributed by atoms with Crippen molar-refractivity contribution >= 4 is 29.2 Å². The fourth-order valence-corrected chi connectivity index (χ4v) is 2.77. The van der Waals surface area contributed by atoms with E-state index in [9.17, 15) is 14.4 Å². The molecule has 23 heavy (non-hydrogen) atoms. The largest absolute Gasteiger partial charge is 0.337 e. The van der Waals surface area contributed by atoms with E-state index in [2.05, 4.69) is 18.8 Å². The van der Waals surface area contributed by atoms with Crippen LogP contribution < -0.4 is 0 Å². The first-order valence-corrected chi connectivity index (χ1v) is 7.55. The van der Waals surface area contributed by atoms with E-state index in [1.807, 2.05) is 25.1 Å². The van der Waals surface area contributed by atoms with Crippen LogP contribution in [0.15, 0.2) is 23.2 Å². The normalized spacial score (nSPS) is 18.9. The fraction of sp³-hybridized carbons (Fsp3) is 0.412. The van der Waals surface area contributed by atoms with Gasteiger partial charge in [0.1, 0.15) is 0 Å².